The molecule has 4 amide bonds. The number of carbonyl (C=O) groups is 2. The van der Waals surface area contributed by atoms with Crippen molar-refractivity contribution in [2.24, 2.45) is 0 Å². The van der Waals surface area contributed by atoms with E-state index in [0.717, 1.165) is 0 Å². The van der Waals surface area contributed by atoms with Crippen LogP contribution in [-0.2, 0) is 0 Å². The summed E-state index contributed by atoms with van der Waals surface area (Å²) in [4.78, 5) is 27.6. The smallest absolute Gasteiger partial charge is 0.321 e. The lowest BCUT2D eigenvalue weighted by atomic mass is 10.2. The maximum atomic E-state index is 12.5. The third-order valence-corrected chi connectivity index (χ3v) is 4.23. The number of amides is 4. The summed E-state index contributed by atoms with van der Waals surface area (Å²) in [6.07, 6.45) is 0. The number of anilines is 1. The van der Waals surface area contributed by atoms with Crippen molar-refractivity contribution in [3.05, 3.63) is 18.2 Å². The van der Waals surface area contributed by atoms with Crippen molar-refractivity contribution in [3.63, 3.8) is 0 Å². The molecule has 24 heavy (non-hydrogen) atoms. The Morgan fingerprint density at radius 2 is 2.21 bits per heavy atom. The van der Waals surface area contributed by atoms with Gasteiger partial charge >= 0.3 is 12.1 Å². The Balaban J connectivity index is 1.64. The van der Waals surface area contributed by atoms with Gasteiger partial charge < -0.3 is 29.9 Å². The van der Waals surface area contributed by atoms with E-state index in [2.05, 4.69) is 10.6 Å². The van der Waals surface area contributed by atoms with Gasteiger partial charge in [-0.05, 0) is 19.1 Å². The molecule has 0 bridgehead atoms. The van der Waals surface area contributed by atoms with Crippen LogP contribution in [-0.4, -0.2) is 67.8 Å². The van der Waals surface area contributed by atoms with Gasteiger partial charge in [-0.1, -0.05) is 0 Å². The molecule has 130 valence electrons. The fourth-order valence-corrected chi connectivity index (χ4v) is 3.01. The zero-order chi connectivity index (χ0) is 17.1. The molecule has 1 unspecified atom stereocenters. The van der Waals surface area contributed by atoms with Crippen LogP contribution in [0.2, 0.25) is 0 Å². The van der Waals surface area contributed by atoms with Crippen molar-refractivity contribution < 1.29 is 19.1 Å². The Hall–Kier alpha value is -2.64. The van der Waals surface area contributed by atoms with E-state index in [9.17, 15) is 9.59 Å². The van der Waals surface area contributed by atoms with E-state index >= 15 is 0 Å². The molecule has 2 aliphatic rings. The topological polar surface area (TPSA) is 83.1 Å². The molecule has 0 spiro atoms. The van der Waals surface area contributed by atoms with Crippen LogP contribution in [0.3, 0.4) is 0 Å². The van der Waals surface area contributed by atoms with Crippen LogP contribution >= 0.6 is 0 Å². The van der Waals surface area contributed by atoms with Crippen LogP contribution in [0.25, 0.3) is 0 Å². The highest BCUT2D eigenvalue weighted by Gasteiger charge is 2.36. The van der Waals surface area contributed by atoms with Gasteiger partial charge in [0, 0.05) is 37.9 Å². The summed E-state index contributed by atoms with van der Waals surface area (Å²) in [5.41, 5.74) is 0.646. The quantitative estimate of drug-likeness (QED) is 0.870. The maximum Gasteiger partial charge on any atom is 0.321 e. The SMILES string of the molecule is CCOc1cc(NC(=O)N2CCN3C(=O)NCC3C2)ccc1OC. The van der Waals surface area contributed by atoms with E-state index in [0.29, 0.717) is 50.0 Å². The van der Waals surface area contributed by atoms with Gasteiger partial charge in [-0.3, -0.25) is 0 Å². The molecule has 0 radical (unpaired) electrons. The van der Waals surface area contributed by atoms with Crippen molar-refractivity contribution in [3.8, 4) is 11.5 Å². The molecule has 2 heterocycles. The van der Waals surface area contributed by atoms with Crippen molar-refractivity contribution in [2.75, 3.05) is 45.2 Å². The van der Waals surface area contributed by atoms with Gasteiger partial charge in [0.25, 0.3) is 0 Å². The third-order valence-electron chi connectivity index (χ3n) is 4.23. The molecule has 1 aromatic carbocycles. The number of carbonyl (C=O) groups excluding carboxylic acids is 2. The average Bonchev–Trinajstić information content (AvgIpc) is 2.96. The van der Waals surface area contributed by atoms with E-state index < -0.39 is 0 Å². The van der Waals surface area contributed by atoms with Crippen LogP contribution in [0.4, 0.5) is 15.3 Å². The second kappa shape index (κ2) is 6.86. The van der Waals surface area contributed by atoms with Crippen LogP contribution in [0.5, 0.6) is 11.5 Å². The molecule has 2 N–H and O–H groups in total. The van der Waals surface area contributed by atoms with Gasteiger partial charge in [0.15, 0.2) is 11.5 Å². The molecule has 8 nitrogen and oxygen atoms in total. The highest BCUT2D eigenvalue weighted by Crippen LogP contribution is 2.30. The standard InChI is InChI=1S/C16H22N4O4/c1-3-24-14-8-11(4-5-13(14)23-2)18-16(22)19-6-7-20-12(10-19)9-17-15(20)21/h4-5,8,12H,3,6-7,9-10H2,1-2H3,(H,17,21)(H,18,22). The predicted molar refractivity (Wildman–Crippen MR) is 88.6 cm³/mol. The van der Waals surface area contributed by atoms with Gasteiger partial charge in [0.1, 0.15) is 0 Å². The Kier molecular flexibility index (Phi) is 4.64. The zero-order valence-corrected chi connectivity index (χ0v) is 13.9. The maximum absolute atomic E-state index is 12.5. The van der Waals surface area contributed by atoms with Crippen molar-refractivity contribution >= 4 is 17.7 Å². The first kappa shape index (κ1) is 16.2. The average molecular weight is 334 g/mol. The largest absolute Gasteiger partial charge is 0.493 e. The molecule has 2 saturated heterocycles. The van der Waals surface area contributed by atoms with Gasteiger partial charge in [-0.2, -0.15) is 0 Å². The zero-order valence-electron chi connectivity index (χ0n) is 13.9. The van der Waals surface area contributed by atoms with E-state index in [-0.39, 0.29) is 18.1 Å². The highest BCUT2D eigenvalue weighted by atomic mass is 16.5. The fraction of sp³-hybridized carbons (Fsp3) is 0.500. The number of hydrogen-bond donors (Lipinski definition) is 2. The molecule has 0 aromatic heterocycles. The second-order valence-electron chi connectivity index (χ2n) is 5.71. The summed E-state index contributed by atoms with van der Waals surface area (Å²) in [5, 5.41) is 5.68. The van der Waals surface area contributed by atoms with E-state index in [4.69, 9.17) is 9.47 Å². The summed E-state index contributed by atoms with van der Waals surface area (Å²) < 4.78 is 10.8. The molecule has 2 aliphatic heterocycles. The number of fused-ring (bicyclic) bond motifs is 1. The molecule has 1 aromatic rings. The van der Waals surface area contributed by atoms with E-state index in [1.165, 1.54) is 0 Å². The minimum atomic E-state index is -0.179. The molecule has 1 atom stereocenters. The summed E-state index contributed by atoms with van der Waals surface area (Å²) >= 11 is 0. The normalized spacial score (nSPS) is 19.6. The number of nitrogens with one attached hydrogen (secondary N) is 2. The number of rotatable bonds is 4. The van der Waals surface area contributed by atoms with Crippen LogP contribution in [0, 0.1) is 0 Å². The number of piperazine rings is 1. The van der Waals surface area contributed by atoms with Crippen LogP contribution < -0.4 is 20.1 Å². The summed E-state index contributed by atoms with van der Waals surface area (Å²) in [7, 11) is 1.58. The monoisotopic (exact) mass is 334 g/mol. The third kappa shape index (κ3) is 3.17. The second-order valence-corrected chi connectivity index (χ2v) is 5.71. The first-order valence-electron chi connectivity index (χ1n) is 8.03. The summed E-state index contributed by atoms with van der Waals surface area (Å²) in [6.45, 7) is 4.58. The Morgan fingerprint density at radius 1 is 1.38 bits per heavy atom. The van der Waals surface area contributed by atoms with Crippen LogP contribution in [0.1, 0.15) is 6.92 Å². The van der Waals surface area contributed by atoms with Gasteiger partial charge in [-0.25, -0.2) is 9.59 Å². The first-order chi connectivity index (χ1) is 11.6. The first-order valence-corrected chi connectivity index (χ1v) is 8.03. The molecule has 8 heteroatoms. The number of ether oxygens (including phenoxy) is 2. The molecule has 3 rings (SSSR count). The van der Waals surface area contributed by atoms with E-state index in [1.54, 1.807) is 35.1 Å². The molecule has 0 saturated carbocycles. The molecular weight excluding hydrogens is 312 g/mol. The lowest BCUT2D eigenvalue weighted by Gasteiger charge is -2.36. The van der Waals surface area contributed by atoms with Gasteiger partial charge in [0.2, 0.25) is 0 Å². The Bertz CT molecular complexity index is 637. The fourth-order valence-electron chi connectivity index (χ4n) is 3.01. The molecular formula is C16H22N4O4. The Morgan fingerprint density at radius 3 is 2.96 bits per heavy atom. The lowest BCUT2D eigenvalue weighted by Crippen LogP contribution is -2.54. The lowest BCUT2D eigenvalue weighted by molar-refractivity contribution is 0.136. The van der Waals surface area contributed by atoms with E-state index in [1.807, 2.05) is 6.92 Å². The summed E-state index contributed by atoms with van der Waals surface area (Å²) in [5.74, 6) is 1.22. The molecule has 0 aliphatic carbocycles. The van der Waals surface area contributed by atoms with Crippen molar-refractivity contribution in [1.29, 1.82) is 0 Å². The number of benzene rings is 1. The summed E-state index contributed by atoms with van der Waals surface area (Å²) in [6, 6.07) is 5.11. The minimum absolute atomic E-state index is 0.0448. The minimum Gasteiger partial charge on any atom is -0.493 e. The Labute approximate surface area is 140 Å². The van der Waals surface area contributed by atoms with Gasteiger partial charge in [0.05, 0.1) is 19.8 Å². The number of hydrogen-bond acceptors (Lipinski definition) is 4. The number of nitrogens with zero attached hydrogens (tertiary/aromatic N) is 2. The van der Waals surface area contributed by atoms with Crippen LogP contribution in [0.15, 0.2) is 18.2 Å². The predicted octanol–water partition coefficient (Wildman–Crippen LogP) is 1.34. The van der Waals surface area contributed by atoms with Crippen molar-refractivity contribution in [2.45, 2.75) is 13.0 Å². The molecule has 2 fully saturated rings. The van der Waals surface area contributed by atoms with Gasteiger partial charge in [-0.15, -0.1) is 0 Å². The number of methoxy groups -OCH3 is 1. The number of urea groups is 2. The van der Waals surface area contributed by atoms with Crippen molar-refractivity contribution in [1.82, 2.24) is 15.1 Å². The highest BCUT2D eigenvalue weighted by molar-refractivity contribution is 5.90.